The molecule has 0 unspecified atom stereocenters. The smallest absolute Gasteiger partial charge is 0.153 e. The number of fused-ring (bicyclic) bond motifs is 3. The van der Waals surface area contributed by atoms with E-state index in [2.05, 4.69) is 24.3 Å². The highest BCUT2D eigenvalue weighted by Crippen LogP contribution is 2.33. The summed E-state index contributed by atoms with van der Waals surface area (Å²) in [5, 5.41) is 2.02. The first kappa shape index (κ1) is 11.9. The van der Waals surface area contributed by atoms with Crippen LogP contribution < -0.4 is 0 Å². The van der Waals surface area contributed by atoms with Crippen molar-refractivity contribution in [2.75, 3.05) is 0 Å². The Labute approximate surface area is 121 Å². The van der Waals surface area contributed by atoms with Gasteiger partial charge in [0.15, 0.2) is 6.29 Å². The van der Waals surface area contributed by atoms with E-state index in [4.69, 9.17) is 4.42 Å². The molecular formula is C19H12O2. The maximum atomic E-state index is 11.1. The lowest BCUT2D eigenvalue weighted by atomic mass is 10.0. The van der Waals surface area contributed by atoms with Crippen molar-refractivity contribution in [1.82, 2.24) is 0 Å². The van der Waals surface area contributed by atoms with E-state index >= 15 is 0 Å². The molecule has 100 valence electrons. The molecule has 0 radical (unpaired) electrons. The minimum absolute atomic E-state index is 0.588. The normalized spacial score (nSPS) is 11.0. The molecule has 0 spiro atoms. The lowest BCUT2D eigenvalue weighted by Gasteiger charge is -2.00. The summed E-state index contributed by atoms with van der Waals surface area (Å²) in [5.74, 6) is 0. The largest absolute Gasteiger partial charge is 0.455 e. The van der Waals surface area contributed by atoms with Crippen molar-refractivity contribution >= 4 is 28.2 Å². The van der Waals surface area contributed by atoms with Gasteiger partial charge in [0.05, 0.1) is 5.56 Å². The van der Waals surface area contributed by atoms with Crippen LogP contribution in [-0.2, 0) is 0 Å². The first-order chi connectivity index (χ1) is 10.4. The van der Waals surface area contributed by atoms with E-state index in [0.29, 0.717) is 11.1 Å². The standard InChI is InChI=1S/C19H12O2/c20-12-15-7-4-8-17-16-10-9-14(11-18(16)21-19(15)17)13-5-2-1-3-6-13/h1-12H. The van der Waals surface area contributed by atoms with Gasteiger partial charge in [-0.2, -0.15) is 0 Å². The number of rotatable bonds is 2. The Hall–Kier alpha value is -2.87. The highest BCUT2D eigenvalue weighted by atomic mass is 16.3. The summed E-state index contributed by atoms with van der Waals surface area (Å²) in [6.45, 7) is 0. The molecule has 4 rings (SSSR count). The molecule has 0 aliphatic rings. The van der Waals surface area contributed by atoms with Gasteiger partial charge in [0.25, 0.3) is 0 Å². The third-order valence-electron chi connectivity index (χ3n) is 3.76. The van der Waals surface area contributed by atoms with Gasteiger partial charge < -0.3 is 4.42 Å². The number of furan rings is 1. The van der Waals surface area contributed by atoms with Crippen molar-refractivity contribution in [2.45, 2.75) is 0 Å². The zero-order valence-electron chi connectivity index (χ0n) is 11.2. The number of para-hydroxylation sites is 1. The van der Waals surface area contributed by atoms with Crippen molar-refractivity contribution in [2.24, 2.45) is 0 Å². The number of carbonyl (C=O) groups is 1. The molecule has 0 bridgehead atoms. The maximum absolute atomic E-state index is 11.1. The van der Waals surface area contributed by atoms with E-state index in [1.165, 1.54) is 0 Å². The molecule has 0 aliphatic carbocycles. The quantitative estimate of drug-likeness (QED) is 0.477. The Morgan fingerprint density at radius 3 is 2.43 bits per heavy atom. The van der Waals surface area contributed by atoms with Gasteiger partial charge in [-0.25, -0.2) is 0 Å². The van der Waals surface area contributed by atoms with Crippen molar-refractivity contribution in [1.29, 1.82) is 0 Å². The van der Waals surface area contributed by atoms with Crippen LogP contribution in [0.4, 0.5) is 0 Å². The fraction of sp³-hybridized carbons (Fsp3) is 0. The Morgan fingerprint density at radius 1 is 0.762 bits per heavy atom. The molecule has 3 aromatic carbocycles. The molecule has 0 amide bonds. The Bertz CT molecular complexity index is 949. The molecule has 0 saturated carbocycles. The van der Waals surface area contributed by atoms with Gasteiger partial charge in [-0.1, -0.05) is 48.5 Å². The molecular weight excluding hydrogens is 260 g/mol. The number of aldehydes is 1. The highest BCUT2D eigenvalue weighted by Gasteiger charge is 2.10. The van der Waals surface area contributed by atoms with Crippen molar-refractivity contribution < 1.29 is 9.21 Å². The van der Waals surface area contributed by atoms with Crippen molar-refractivity contribution in [3.63, 3.8) is 0 Å². The minimum atomic E-state index is 0.588. The lowest BCUT2D eigenvalue weighted by molar-refractivity contribution is 0.112. The fourth-order valence-corrected chi connectivity index (χ4v) is 2.72. The summed E-state index contributed by atoms with van der Waals surface area (Å²) in [4.78, 5) is 11.1. The Kier molecular flexibility index (Phi) is 2.61. The van der Waals surface area contributed by atoms with E-state index in [-0.39, 0.29) is 0 Å². The van der Waals surface area contributed by atoms with E-state index < -0.39 is 0 Å². The van der Waals surface area contributed by atoms with E-state index in [9.17, 15) is 4.79 Å². The van der Waals surface area contributed by atoms with Crippen LogP contribution in [0, 0.1) is 0 Å². The summed E-state index contributed by atoms with van der Waals surface area (Å²) >= 11 is 0. The number of hydrogen-bond donors (Lipinski definition) is 0. The van der Waals surface area contributed by atoms with Gasteiger partial charge in [-0.05, 0) is 29.3 Å². The van der Waals surface area contributed by atoms with Crippen LogP contribution in [0.5, 0.6) is 0 Å². The van der Waals surface area contributed by atoms with Crippen LogP contribution in [0.3, 0.4) is 0 Å². The van der Waals surface area contributed by atoms with E-state index in [1.54, 1.807) is 6.07 Å². The van der Waals surface area contributed by atoms with E-state index in [1.807, 2.05) is 36.4 Å². The van der Waals surface area contributed by atoms with Gasteiger partial charge >= 0.3 is 0 Å². The summed E-state index contributed by atoms with van der Waals surface area (Å²) in [7, 11) is 0. The Balaban J connectivity index is 2.01. The van der Waals surface area contributed by atoms with Gasteiger partial charge in [0.1, 0.15) is 11.2 Å². The van der Waals surface area contributed by atoms with Crippen LogP contribution in [0.1, 0.15) is 10.4 Å². The molecule has 0 aliphatic heterocycles. The monoisotopic (exact) mass is 272 g/mol. The Morgan fingerprint density at radius 2 is 1.62 bits per heavy atom. The predicted octanol–water partition coefficient (Wildman–Crippen LogP) is 5.07. The topological polar surface area (TPSA) is 30.2 Å². The molecule has 1 aromatic heterocycles. The molecule has 21 heavy (non-hydrogen) atoms. The minimum Gasteiger partial charge on any atom is -0.455 e. The van der Waals surface area contributed by atoms with Gasteiger partial charge in [0, 0.05) is 10.8 Å². The first-order valence-corrected chi connectivity index (χ1v) is 6.83. The molecule has 2 nitrogen and oxygen atoms in total. The second-order valence-electron chi connectivity index (χ2n) is 5.02. The maximum Gasteiger partial charge on any atom is 0.153 e. The average Bonchev–Trinajstić information content (AvgIpc) is 2.93. The first-order valence-electron chi connectivity index (χ1n) is 6.83. The van der Waals surface area contributed by atoms with Crippen LogP contribution in [-0.4, -0.2) is 6.29 Å². The number of carbonyl (C=O) groups excluding carboxylic acids is 1. The number of hydrogen-bond acceptors (Lipinski definition) is 2. The third-order valence-corrected chi connectivity index (χ3v) is 3.76. The second kappa shape index (κ2) is 4.60. The zero-order chi connectivity index (χ0) is 14.2. The highest BCUT2D eigenvalue weighted by molar-refractivity contribution is 6.10. The molecule has 0 saturated heterocycles. The molecule has 1 heterocycles. The van der Waals surface area contributed by atoms with Crippen LogP contribution >= 0.6 is 0 Å². The second-order valence-corrected chi connectivity index (χ2v) is 5.02. The molecule has 2 heteroatoms. The number of benzene rings is 3. The fourth-order valence-electron chi connectivity index (χ4n) is 2.72. The van der Waals surface area contributed by atoms with Gasteiger partial charge in [-0.3, -0.25) is 4.79 Å². The SMILES string of the molecule is O=Cc1cccc2c1oc1cc(-c3ccccc3)ccc12. The summed E-state index contributed by atoms with van der Waals surface area (Å²) in [6, 6.07) is 22.0. The van der Waals surface area contributed by atoms with Crippen LogP contribution in [0.15, 0.2) is 71.1 Å². The van der Waals surface area contributed by atoms with Gasteiger partial charge in [0.2, 0.25) is 0 Å². The molecule has 4 aromatic rings. The third kappa shape index (κ3) is 1.84. The lowest BCUT2D eigenvalue weighted by Crippen LogP contribution is -1.78. The molecule has 0 atom stereocenters. The average molecular weight is 272 g/mol. The molecule has 0 fully saturated rings. The van der Waals surface area contributed by atoms with Gasteiger partial charge in [-0.15, -0.1) is 0 Å². The summed E-state index contributed by atoms with van der Waals surface area (Å²) in [6.07, 6.45) is 0.836. The van der Waals surface area contributed by atoms with Crippen LogP contribution in [0.25, 0.3) is 33.1 Å². The predicted molar refractivity (Wildman–Crippen MR) is 84.5 cm³/mol. The molecule has 0 N–H and O–H groups in total. The van der Waals surface area contributed by atoms with Crippen molar-refractivity contribution in [3.8, 4) is 11.1 Å². The summed E-state index contributed by atoms with van der Waals surface area (Å²) in [5.41, 5.74) is 4.31. The van der Waals surface area contributed by atoms with Crippen LogP contribution in [0.2, 0.25) is 0 Å². The summed E-state index contributed by atoms with van der Waals surface area (Å²) < 4.78 is 5.91. The zero-order valence-corrected chi connectivity index (χ0v) is 11.2. The van der Waals surface area contributed by atoms with E-state index in [0.717, 1.165) is 33.8 Å². The van der Waals surface area contributed by atoms with Crippen molar-refractivity contribution in [3.05, 3.63) is 72.3 Å².